The third kappa shape index (κ3) is 3.54. The molecule has 5 heteroatoms. The summed E-state index contributed by atoms with van der Waals surface area (Å²) >= 11 is 0. The van der Waals surface area contributed by atoms with Gasteiger partial charge in [-0.25, -0.2) is 0 Å². The Morgan fingerprint density at radius 3 is 2.81 bits per heavy atom. The molecular weight excluding hydrogens is 228 g/mol. The van der Waals surface area contributed by atoms with Crippen molar-refractivity contribution in [3.63, 3.8) is 0 Å². The maximum Gasteiger partial charge on any atom is 0.254 e. The maximum absolute atomic E-state index is 11.6. The molecule has 1 heterocycles. The molecule has 0 unspecified atom stereocenters. The van der Waals surface area contributed by atoms with E-state index in [1.165, 1.54) is 19.1 Å². The van der Waals surface area contributed by atoms with Crippen LogP contribution in [-0.2, 0) is 0 Å². The van der Waals surface area contributed by atoms with E-state index >= 15 is 0 Å². The van der Waals surface area contributed by atoms with Gasteiger partial charge < -0.3 is 15.1 Å². The minimum atomic E-state index is -0.0566. The van der Waals surface area contributed by atoms with Gasteiger partial charge in [0.05, 0.1) is 11.8 Å². The quantitative estimate of drug-likeness (QED) is 0.772. The Morgan fingerprint density at radius 1 is 1.50 bits per heavy atom. The lowest BCUT2D eigenvalue weighted by molar-refractivity contribution is 0.0952. The number of carbonyl (C=O) groups excluding carboxylic acids is 1. The van der Waals surface area contributed by atoms with Crippen LogP contribution in [0.15, 0.2) is 16.7 Å². The summed E-state index contributed by atoms with van der Waals surface area (Å²) < 4.78 is 5.06. The Kier molecular flexibility index (Phi) is 4.83. The van der Waals surface area contributed by atoms with Gasteiger partial charge in [-0.15, -0.1) is 12.4 Å². The molecular formula is C11H17ClN2O2. The normalized spacial score (nSPS) is 14.3. The highest BCUT2D eigenvalue weighted by Gasteiger charge is 2.19. The van der Waals surface area contributed by atoms with Crippen molar-refractivity contribution in [2.75, 3.05) is 13.1 Å². The summed E-state index contributed by atoms with van der Waals surface area (Å²) in [6, 6.07) is 2.39. The van der Waals surface area contributed by atoms with E-state index in [1.807, 2.05) is 0 Å². The van der Waals surface area contributed by atoms with Crippen LogP contribution in [0.3, 0.4) is 0 Å². The molecule has 1 aromatic heterocycles. The molecule has 4 nitrogen and oxygen atoms in total. The summed E-state index contributed by atoms with van der Waals surface area (Å²) in [5.74, 6) is 0.612. The lowest BCUT2D eigenvalue weighted by atomic mass is 10.2. The summed E-state index contributed by atoms with van der Waals surface area (Å²) in [6.45, 7) is 3.30. The number of hydrogen-bond acceptors (Lipinski definition) is 3. The van der Waals surface area contributed by atoms with E-state index in [0.717, 1.165) is 6.54 Å². The van der Waals surface area contributed by atoms with Gasteiger partial charge in [0.25, 0.3) is 5.91 Å². The molecule has 0 aromatic carbocycles. The first-order valence-electron chi connectivity index (χ1n) is 5.33. The zero-order chi connectivity index (χ0) is 10.7. The molecule has 0 atom stereocenters. The zero-order valence-corrected chi connectivity index (χ0v) is 10.1. The van der Waals surface area contributed by atoms with Gasteiger partial charge in [0.15, 0.2) is 0 Å². The summed E-state index contributed by atoms with van der Waals surface area (Å²) in [5.41, 5.74) is 0.626. The number of furan rings is 1. The minimum absolute atomic E-state index is 0. The molecule has 16 heavy (non-hydrogen) atoms. The number of halogens is 1. The van der Waals surface area contributed by atoms with E-state index in [4.69, 9.17) is 4.42 Å². The highest BCUT2D eigenvalue weighted by molar-refractivity contribution is 5.94. The smallest absolute Gasteiger partial charge is 0.254 e. The molecule has 1 aliphatic carbocycles. The molecule has 2 N–H and O–H groups in total. The van der Waals surface area contributed by atoms with Crippen LogP contribution in [0.2, 0.25) is 0 Å². The molecule has 0 spiro atoms. The zero-order valence-electron chi connectivity index (χ0n) is 9.29. The highest BCUT2D eigenvalue weighted by Crippen LogP contribution is 2.17. The van der Waals surface area contributed by atoms with Crippen LogP contribution in [0, 0.1) is 6.92 Å². The first kappa shape index (κ1) is 13.1. The molecule has 1 aliphatic rings. The lowest BCUT2D eigenvalue weighted by Gasteiger charge is -2.04. The van der Waals surface area contributed by atoms with Gasteiger partial charge in [-0.05, 0) is 25.8 Å². The van der Waals surface area contributed by atoms with Crippen molar-refractivity contribution in [3.8, 4) is 0 Å². The monoisotopic (exact) mass is 244 g/mol. The second-order valence-electron chi connectivity index (χ2n) is 3.87. The van der Waals surface area contributed by atoms with Crippen molar-refractivity contribution in [2.24, 2.45) is 0 Å². The fourth-order valence-corrected chi connectivity index (χ4v) is 1.46. The topological polar surface area (TPSA) is 54.3 Å². The summed E-state index contributed by atoms with van der Waals surface area (Å²) in [7, 11) is 0. The Hall–Kier alpha value is -1.00. The molecule has 1 amide bonds. The van der Waals surface area contributed by atoms with Gasteiger partial charge in [-0.3, -0.25) is 4.79 Å². The first-order valence-corrected chi connectivity index (χ1v) is 5.33. The number of nitrogens with one attached hydrogen (secondary N) is 2. The predicted octanol–water partition coefficient (Wildman–Crippen LogP) is 1.49. The van der Waals surface area contributed by atoms with E-state index in [0.29, 0.717) is 23.9 Å². The first-order chi connectivity index (χ1) is 7.27. The lowest BCUT2D eigenvalue weighted by Crippen LogP contribution is -2.32. The van der Waals surface area contributed by atoms with Gasteiger partial charge in [0, 0.05) is 19.1 Å². The molecule has 0 saturated heterocycles. The fourth-order valence-electron chi connectivity index (χ4n) is 1.46. The Bertz CT molecular complexity index is 348. The van der Waals surface area contributed by atoms with E-state index in [2.05, 4.69) is 10.6 Å². The maximum atomic E-state index is 11.6. The Labute approximate surface area is 101 Å². The fraction of sp³-hybridized carbons (Fsp3) is 0.545. The van der Waals surface area contributed by atoms with Gasteiger partial charge in [0.2, 0.25) is 0 Å². The van der Waals surface area contributed by atoms with Crippen molar-refractivity contribution in [1.29, 1.82) is 0 Å². The number of aryl methyl sites for hydroxylation is 1. The average Bonchev–Trinajstić information content (AvgIpc) is 2.94. The van der Waals surface area contributed by atoms with Gasteiger partial charge in [-0.1, -0.05) is 0 Å². The number of hydrogen-bond donors (Lipinski definition) is 2. The largest absolute Gasteiger partial charge is 0.469 e. The SMILES string of the molecule is Cc1occc1C(=O)NCCNC1CC1.Cl. The van der Waals surface area contributed by atoms with Crippen molar-refractivity contribution < 1.29 is 9.21 Å². The van der Waals surface area contributed by atoms with Crippen molar-refractivity contribution in [2.45, 2.75) is 25.8 Å². The average molecular weight is 245 g/mol. The third-order valence-corrected chi connectivity index (χ3v) is 2.52. The van der Waals surface area contributed by atoms with E-state index < -0.39 is 0 Å². The molecule has 1 aromatic rings. The molecule has 0 aliphatic heterocycles. The van der Waals surface area contributed by atoms with Gasteiger partial charge in [0.1, 0.15) is 5.76 Å². The number of amides is 1. The van der Waals surface area contributed by atoms with E-state index in [1.54, 1.807) is 13.0 Å². The van der Waals surface area contributed by atoms with Crippen molar-refractivity contribution >= 4 is 18.3 Å². The van der Waals surface area contributed by atoms with Crippen LogP contribution in [0.4, 0.5) is 0 Å². The summed E-state index contributed by atoms with van der Waals surface area (Å²) in [6.07, 6.45) is 4.08. The third-order valence-electron chi connectivity index (χ3n) is 2.52. The molecule has 1 saturated carbocycles. The minimum Gasteiger partial charge on any atom is -0.469 e. The highest BCUT2D eigenvalue weighted by atomic mass is 35.5. The van der Waals surface area contributed by atoms with Crippen LogP contribution in [0.25, 0.3) is 0 Å². The Morgan fingerprint density at radius 2 is 2.25 bits per heavy atom. The van der Waals surface area contributed by atoms with Crippen molar-refractivity contribution in [1.82, 2.24) is 10.6 Å². The van der Waals surface area contributed by atoms with Crippen LogP contribution in [0.1, 0.15) is 29.0 Å². The molecule has 0 bridgehead atoms. The summed E-state index contributed by atoms with van der Waals surface area (Å²) in [5, 5.41) is 6.18. The van der Waals surface area contributed by atoms with Crippen LogP contribution in [0.5, 0.6) is 0 Å². The van der Waals surface area contributed by atoms with E-state index in [-0.39, 0.29) is 18.3 Å². The standard InChI is InChI=1S/C11H16N2O2.ClH/c1-8-10(4-7-15-8)11(14)13-6-5-12-9-2-3-9;/h4,7,9,12H,2-3,5-6H2,1H3,(H,13,14);1H. The second-order valence-corrected chi connectivity index (χ2v) is 3.87. The van der Waals surface area contributed by atoms with Gasteiger partial charge in [-0.2, -0.15) is 0 Å². The van der Waals surface area contributed by atoms with Crippen molar-refractivity contribution in [3.05, 3.63) is 23.7 Å². The summed E-state index contributed by atoms with van der Waals surface area (Å²) in [4.78, 5) is 11.6. The van der Waals surface area contributed by atoms with Crippen LogP contribution < -0.4 is 10.6 Å². The molecule has 2 rings (SSSR count). The van der Waals surface area contributed by atoms with Gasteiger partial charge >= 0.3 is 0 Å². The number of carbonyl (C=O) groups is 1. The van der Waals surface area contributed by atoms with Crippen LogP contribution in [-0.4, -0.2) is 25.0 Å². The van der Waals surface area contributed by atoms with Crippen LogP contribution >= 0.6 is 12.4 Å². The molecule has 90 valence electrons. The molecule has 0 radical (unpaired) electrons. The number of rotatable bonds is 5. The predicted molar refractivity (Wildman–Crippen MR) is 64.1 cm³/mol. The second kappa shape index (κ2) is 5.92. The van der Waals surface area contributed by atoms with E-state index in [9.17, 15) is 4.79 Å². The Balaban J connectivity index is 0.00000128. The molecule has 1 fully saturated rings.